The average Bonchev–Trinajstić information content (AvgIpc) is 3.16. The first kappa shape index (κ1) is 18.1. The third kappa shape index (κ3) is 4.18. The highest BCUT2D eigenvalue weighted by atomic mass is 16.2. The highest BCUT2D eigenvalue weighted by Crippen LogP contribution is 2.19. The van der Waals surface area contributed by atoms with Crippen molar-refractivity contribution < 1.29 is 4.79 Å². The van der Waals surface area contributed by atoms with Crippen LogP contribution >= 0.6 is 0 Å². The largest absolute Gasteiger partial charge is 0.382 e. The molecular formula is C22H23N5O. The van der Waals surface area contributed by atoms with Crippen molar-refractivity contribution in [3.63, 3.8) is 0 Å². The van der Waals surface area contributed by atoms with Crippen molar-refractivity contribution in [1.29, 1.82) is 0 Å². The Morgan fingerprint density at radius 1 is 1.11 bits per heavy atom. The van der Waals surface area contributed by atoms with E-state index < -0.39 is 0 Å². The molecule has 6 nitrogen and oxygen atoms in total. The lowest BCUT2D eigenvalue weighted by Crippen LogP contribution is -2.37. The Bertz CT molecular complexity index is 946. The molecule has 1 fully saturated rings. The number of hydrogen-bond acceptors (Lipinski definition) is 5. The lowest BCUT2D eigenvalue weighted by molar-refractivity contribution is 0.0933. The van der Waals surface area contributed by atoms with Crippen molar-refractivity contribution >= 4 is 11.7 Å². The van der Waals surface area contributed by atoms with Crippen molar-refractivity contribution in [2.45, 2.75) is 19.0 Å². The van der Waals surface area contributed by atoms with Gasteiger partial charge in [-0.1, -0.05) is 60.7 Å². The second-order valence-corrected chi connectivity index (χ2v) is 7.03. The highest BCUT2D eigenvalue weighted by Gasteiger charge is 2.25. The van der Waals surface area contributed by atoms with Crippen molar-refractivity contribution in [2.75, 3.05) is 18.8 Å². The molecule has 2 heterocycles. The number of nitrogens with one attached hydrogen (secondary N) is 1. The van der Waals surface area contributed by atoms with Crippen LogP contribution < -0.4 is 11.1 Å². The lowest BCUT2D eigenvalue weighted by atomic mass is 10.1. The highest BCUT2D eigenvalue weighted by molar-refractivity contribution is 5.97. The van der Waals surface area contributed by atoms with Crippen LogP contribution in [0.3, 0.4) is 0 Å². The lowest BCUT2D eigenvalue weighted by Gasteiger charge is -2.17. The molecule has 1 atom stereocenters. The number of nitrogens with two attached hydrogens (primary N) is 1. The summed E-state index contributed by atoms with van der Waals surface area (Å²) in [5, 5.41) is 3.07. The van der Waals surface area contributed by atoms with Crippen molar-refractivity contribution in [3.8, 4) is 11.3 Å². The second kappa shape index (κ2) is 8.19. The van der Waals surface area contributed by atoms with Crippen molar-refractivity contribution in [2.24, 2.45) is 0 Å². The maximum absolute atomic E-state index is 12.8. The summed E-state index contributed by atoms with van der Waals surface area (Å²) in [6.45, 7) is 2.65. The zero-order valence-electron chi connectivity index (χ0n) is 15.6. The molecule has 6 heteroatoms. The van der Waals surface area contributed by atoms with Gasteiger partial charge in [-0.05, 0) is 12.0 Å². The molecule has 142 valence electrons. The number of amides is 1. The number of likely N-dealkylation sites (tertiary alicyclic amines) is 1. The van der Waals surface area contributed by atoms with Crippen LogP contribution in [0.5, 0.6) is 0 Å². The van der Waals surface area contributed by atoms with Gasteiger partial charge in [-0.25, -0.2) is 9.97 Å². The first-order valence-electron chi connectivity index (χ1n) is 9.44. The maximum atomic E-state index is 12.8. The van der Waals surface area contributed by atoms with Gasteiger partial charge in [0.15, 0.2) is 11.5 Å². The van der Waals surface area contributed by atoms with E-state index in [0.717, 1.165) is 31.6 Å². The summed E-state index contributed by atoms with van der Waals surface area (Å²) in [6.07, 6.45) is 2.50. The third-order valence-corrected chi connectivity index (χ3v) is 4.94. The Morgan fingerprint density at radius 2 is 1.82 bits per heavy atom. The van der Waals surface area contributed by atoms with E-state index in [-0.39, 0.29) is 23.5 Å². The fraction of sp³-hybridized carbons (Fsp3) is 0.227. The number of benzene rings is 2. The number of carbonyl (C=O) groups is 1. The predicted octanol–water partition coefficient (Wildman–Crippen LogP) is 2.73. The third-order valence-electron chi connectivity index (χ3n) is 4.94. The van der Waals surface area contributed by atoms with Gasteiger partial charge in [0.05, 0.1) is 11.9 Å². The van der Waals surface area contributed by atoms with Crippen LogP contribution in [0.2, 0.25) is 0 Å². The molecule has 1 aliphatic rings. The Hall–Kier alpha value is -3.25. The minimum absolute atomic E-state index is 0.0813. The Morgan fingerprint density at radius 3 is 2.57 bits per heavy atom. The van der Waals surface area contributed by atoms with Gasteiger partial charge >= 0.3 is 0 Å². The molecule has 4 rings (SSSR count). The van der Waals surface area contributed by atoms with E-state index in [4.69, 9.17) is 5.73 Å². The van der Waals surface area contributed by atoms with Gasteiger partial charge in [0, 0.05) is 31.2 Å². The van der Waals surface area contributed by atoms with E-state index in [0.29, 0.717) is 5.69 Å². The van der Waals surface area contributed by atoms with Gasteiger partial charge < -0.3 is 11.1 Å². The molecule has 1 aromatic heterocycles. The summed E-state index contributed by atoms with van der Waals surface area (Å²) in [4.78, 5) is 23.7. The van der Waals surface area contributed by atoms with Crippen LogP contribution in [0, 0.1) is 0 Å². The first-order chi connectivity index (χ1) is 13.7. The van der Waals surface area contributed by atoms with Crippen molar-refractivity contribution in [1.82, 2.24) is 20.2 Å². The number of hydrogen-bond donors (Lipinski definition) is 2. The minimum Gasteiger partial charge on any atom is -0.382 e. The van der Waals surface area contributed by atoms with Crippen LogP contribution in [-0.4, -0.2) is 39.9 Å². The second-order valence-electron chi connectivity index (χ2n) is 7.03. The van der Waals surface area contributed by atoms with Gasteiger partial charge in [-0.3, -0.25) is 9.69 Å². The van der Waals surface area contributed by atoms with E-state index in [9.17, 15) is 4.79 Å². The van der Waals surface area contributed by atoms with E-state index in [1.54, 1.807) is 6.20 Å². The van der Waals surface area contributed by atoms with Gasteiger partial charge in [-0.2, -0.15) is 0 Å². The normalized spacial score (nSPS) is 16.8. The molecule has 0 spiro atoms. The fourth-order valence-corrected chi connectivity index (χ4v) is 3.50. The summed E-state index contributed by atoms with van der Waals surface area (Å²) >= 11 is 0. The molecule has 3 N–H and O–H groups in total. The summed E-state index contributed by atoms with van der Waals surface area (Å²) in [5.41, 5.74) is 8.93. The molecule has 1 aliphatic heterocycles. The number of carbonyl (C=O) groups excluding carboxylic acids is 1. The molecule has 0 radical (unpaired) electrons. The topological polar surface area (TPSA) is 84.1 Å². The standard InChI is InChI=1S/C22H23N5O/c23-21-20(26-19(13-24-21)17-9-5-2-6-10-17)22(28)25-18-11-12-27(15-18)14-16-7-3-1-4-8-16/h1-10,13,18H,11-12,14-15H2,(H2,23,24)(H,25,28)/t18-/m0/s1. The quantitative estimate of drug-likeness (QED) is 0.718. The summed E-state index contributed by atoms with van der Waals surface area (Å²) in [6, 6.07) is 20.1. The van der Waals surface area contributed by atoms with Gasteiger partial charge in [0.1, 0.15) is 0 Å². The number of nitrogens with zero attached hydrogens (tertiary/aromatic N) is 3. The molecule has 3 aromatic rings. The number of rotatable bonds is 5. The van der Waals surface area contributed by atoms with Gasteiger partial charge in [0.2, 0.25) is 0 Å². The molecule has 0 unspecified atom stereocenters. The number of aromatic nitrogens is 2. The Balaban J connectivity index is 1.41. The van der Waals surface area contributed by atoms with Crippen LogP contribution in [0.25, 0.3) is 11.3 Å². The summed E-state index contributed by atoms with van der Waals surface area (Å²) in [5.74, 6) is -0.120. The SMILES string of the molecule is Nc1ncc(-c2ccccc2)nc1C(=O)N[C@H]1CCN(Cc2ccccc2)C1. The van der Waals surface area contributed by atoms with E-state index in [1.807, 2.05) is 48.5 Å². The monoisotopic (exact) mass is 373 g/mol. The van der Waals surface area contributed by atoms with Crippen LogP contribution in [0.4, 0.5) is 5.82 Å². The summed E-state index contributed by atoms with van der Waals surface area (Å²) in [7, 11) is 0. The molecule has 1 amide bonds. The Kier molecular flexibility index (Phi) is 5.30. The fourth-order valence-electron chi connectivity index (χ4n) is 3.50. The van der Waals surface area contributed by atoms with Crippen LogP contribution in [0.15, 0.2) is 66.9 Å². The zero-order chi connectivity index (χ0) is 19.3. The molecule has 1 saturated heterocycles. The van der Waals surface area contributed by atoms with Gasteiger partial charge in [0.25, 0.3) is 5.91 Å². The van der Waals surface area contributed by atoms with Crippen LogP contribution in [-0.2, 0) is 6.54 Å². The summed E-state index contributed by atoms with van der Waals surface area (Å²) < 4.78 is 0. The van der Waals surface area contributed by atoms with Crippen LogP contribution in [0.1, 0.15) is 22.5 Å². The maximum Gasteiger partial charge on any atom is 0.274 e. The molecule has 28 heavy (non-hydrogen) atoms. The van der Waals surface area contributed by atoms with Crippen molar-refractivity contribution in [3.05, 3.63) is 78.1 Å². The molecule has 0 saturated carbocycles. The number of anilines is 1. The van der Waals surface area contributed by atoms with E-state index in [2.05, 4.69) is 32.3 Å². The average molecular weight is 373 g/mol. The molecule has 0 bridgehead atoms. The smallest absolute Gasteiger partial charge is 0.274 e. The molecule has 0 aliphatic carbocycles. The Labute approximate surface area is 164 Å². The van der Waals surface area contributed by atoms with E-state index >= 15 is 0 Å². The zero-order valence-corrected chi connectivity index (χ0v) is 15.6. The number of nitrogen functional groups attached to an aromatic ring is 1. The van der Waals surface area contributed by atoms with E-state index in [1.165, 1.54) is 5.56 Å². The first-order valence-corrected chi connectivity index (χ1v) is 9.44. The minimum atomic E-state index is -0.269. The van der Waals surface area contributed by atoms with Gasteiger partial charge in [-0.15, -0.1) is 0 Å². The molecule has 2 aromatic carbocycles. The predicted molar refractivity (Wildman–Crippen MR) is 109 cm³/mol. The molecular weight excluding hydrogens is 350 g/mol.